The maximum Gasteiger partial charge on any atom is 0.101 e. The lowest BCUT2D eigenvalue weighted by Crippen LogP contribution is -1.92. The van der Waals surface area contributed by atoms with E-state index >= 15 is 0 Å². The van der Waals surface area contributed by atoms with Crippen molar-refractivity contribution >= 4 is 23.5 Å². The van der Waals surface area contributed by atoms with Crippen LogP contribution in [0.3, 0.4) is 0 Å². The Morgan fingerprint density at radius 2 is 1.89 bits per heavy atom. The summed E-state index contributed by atoms with van der Waals surface area (Å²) in [6.07, 6.45) is 1.59. The molecule has 2 rings (SSSR count). The molecule has 2 aromatic carbocycles. The molecule has 2 aromatic rings. The lowest BCUT2D eigenvalue weighted by Gasteiger charge is -2.01. The highest BCUT2D eigenvalue weighted by Crippen LogP contribution is 2.18. The molecule has 18 heavy (non-hydrogen) atoms. The Morgan fingerprint density at radius 1 is 1.11 bits per heavy atom. The zero-order chi connectivity index (χ0) is 12.8. The molecule has 0 spiro atoms. The molecule has 0 saturated carbocycles. The first-order valence-corrected chi connectivity index (χ1v) is 5.72. The van der Waals surface area contributed by atoms with Gasteiger partial charge in [0.05, 0.1) is 22.5 Å². The smallest absolute Gasteiger partial charge is 0.101 e. The van der Waals surface area contributed by atoms with Crippen LogP contribution < -0.4 is 5.43 Å². The lowest BCUT2D eigenvalue weighted by molar-refractivity contribution is 1.35. The average Bonchev–Trinajstić information content (AvgIpc) is 2.42. The van der Waals surface area contributed by atoms with Crippen LogP contribution in [0.1, 0.15) is 11.1 Å². The molecular formula is C14H10ClN3. The van der Waals surface area contributed by atoms with Gasteiger partial charge < -0.3 is 0 Å². The van der Waals surface area contributed by atoms with Crippen molar-refractivity contribution in [2.45, 2.75) is 0 Å². The molecule has 3 nitrogen and oxygen atoms in total. The first-order valence-electron chi connectivity index (χ1n) is 5.34. The quantitative estimate of drug-likeness (QED) is 0.672. The fraction of sp³-hybridized carbons (Fsp3) is 0. The molecule has 4 heteroatoms. The summed E-state index contributed by atoms with van der Waals surface area (Å²) in [6, 6.07) is 16.9. The normalized spacial score (nSPS) is 10.2. The molecule has 0 aliphatic rings. The molecule has 0 aliphatic carbocycles. The highest BCUT2D eigenvalue weighted by atomic mass is 35.5. The molecule has 0 unspecified atom stereocenters. The second kappa shape index (κ2) is 5.85. The topological polar surface area (TPSA) is 48.2 Å². The molecular weight excluding hydrogens is 246 g/mol. The Labute approximate surface area is 110 Å². The van der Waals surface area contributed by atoms with Crippen molar-refractivity contribution in [1.82, 2.24) is 0 Å². The van der Waals surface area contributed by atoms with Gasteiger partial charge in [0.1, 0.15) is 6.07 Å². The third-order valence-corrected chi connectivity index (χ3v) is 2.74. The Hall–Kier alpha value is -2.31. The highest BCUT2D eigenvalue weighted by Gasteiger charge is 2.02. The van der Waals surface area contributed by atoms with Crippen LogP contribution in [0.15, 0.2) is 53.6 Å². The number of hydrogen-bond acceptors (Lipinski definition) is 3. The minimum absolute atomic E-state index is 0.415. The van der Waals surface area contributed by atoms with Gasteiger partial charge in [-0.1, -0.05) is 41.9 Å². The van der Waals surface area contributed by atoms with Gasteiger partial charge in [0.2, 0.25) is 0 Å². The molecule has 88 valence electrons. The van der Waals surface area contributed by atoms with Crippen molar-refractivity contribution < 1.29 is 0 Å². The maximum absolute atomic E-state index is 8.85. The van der Waals surface area contributed by atoms with Crippen molar-refractivity contribution in [2.24, 2.45) is 5.10 Å². The van der Waals surface area contributed by atoms with E-state index in [-0.39, 0.29) is 0 Å². The van der Waals surface area contributed by atoms with Gasteiger partial charge >= 0.3 is 0 Å². The van der Waals surface area contributed by atoms with Gasteiger partial charge in [-0.3, -0.25) is 5.43 Å². The fourth-order valence-corrected chi connectivity index (χ4v) is 1.64. The second-order valence-electron chi connectivity index (χ2n) is 3.56. The van der Waals surface area contributed by atoms with E-state index < -0.39 is 0 Å². The summed E-state index contributed by atoms with van der Waals surface area (Å²) in [7, 11) is 0. The third kappa shape index (κ3) is 2.88. The number of benzene rings is 2. The SMILES string of the molecule is N#Cc1cccc(C=NNc2ccccc2)c1Cl. The molecule has 0 saturated heterocycles. The minimum Gasteiger partial charge on any atom is -0.279 e. The predicted octanol–water partition coefficient (Wildman–Crippen LogP) is 3.66. The number of nitriles is 1. The van der Waals surface area contributed by atoms with Crippen LogP contribution >= 0.6 is 11.6 Å². The number of nitrogens with zero attached hydrogens (tertiary/aromatic N) is 2. The number of nitrogens with one attached hydrogen (secondary N) is 1. The summed E-state index contributed by atoms with van der Waals surface area (Å²) in [4.78, 5) is 0. The first kappa shape index (κ1) is 12.2. The molecule has 0 aromatic heterocycles. The van der Waals surface area contributed by atoms with Crippen LogP contribution in [0.5, 0.6) is 0 Å². The number of halogens is 1. The number of hydrogen-bond donors (Lipinski definition) is 1. The first-order chi connectivity index (χ1) is 8.81. The Kier molecular flexibility index (Phi) is 3.95. The molecule has 1 N–H and O–H groups in total. The number of hydrazone groups is 1. The van der Waals surface area contributed by atoms with Crippen molar-refractivity contribution in [3.05, 3.63) is 64.7 Å². The highest BCUT2D eigenvalue weighted by molar-refractivity contribution is 6.34. The van der Waals surface area contributed by atoms with Crippen LogP contribution in [-0.2, 0) is 0 Å². The van der Waals surface area contributed by atoms with Gasteiger partial charge in [0.15, 0.2) is 0 Å². The van der Waals surface area contributed by atoms with E-state index in [1.165, 1.54) is 0 Å². The summed E-state index contributed by atoms with van der Waals surface area (Å²) in [6.45, 7) is 0. The standard InChI is InChI=1S/C14H10ClN3/c15-14-11(9-16)5-4-6-12(14)10-17-18-13-7-2-1-3-8-13/h1-8,10,18H. The van der Waals surface area contributed by atoms with Gasteiger partial charge in [-0.2, -0.15) is 10.4 Å². The van der Waals surface area contributed by atoms with Crippen molar-refractivity contribution in [1.29, 1.82) is 5.26 Å². The summed E-state index contributed by atoms with van der Waals surface area (Å²) < 4.78 is 0. The van der Waals surface area contributed by atoms with E-state index in [4.69, 9.17) is 16.9 Å². The lowest BCUT2D eigenvalue weighted by atomic mass is 10.1. The zero-order valence-corrected chi connectivity index (χ0v) is 10.2. The van der Waals surface area contributed by atoms with E-state index in [1.807, 2.05) is 36.4 Å². The largest absolute Gasteiger partial charge is 0.279 e. The van der Waals surface area contributed by atoms with Gasteiger partial charge in [-0.15, -0.1) is 0 Å². The fourth-order valence-electron chi connectivity index (χ4n) is 1.42. The third-order valence-electron chi connectivity index (χ3n) is 2.32. The van der Waals surface area contributed by atoms with E-state index in [1.54, 1.807) is 24.4 Å². The van der Waals surface area contributed by atoms with E-state index in [9.17, 15) is 0 Å². The molecule has 0 amide bonds. The van der Waals surface area contributed by atoms with Gasteiger partial charge in [-0.25, -0.2) is 0 Å². The van der Waals surface area contributed by atoms with E-state index in [0.29, 0.717) is 16.1 Å². The maximum atomic E-state index is 8.85. The monoisotopic (exact) mass is 255 g/mol. The summed E-state index contributed by atoms with van der Waals surface area (Å²) in [5.41, 5.74) is 4.93. The van der Waals surface area contributed by atoms with Crippen molar-refractivity contribution in [3.8, 4) is 6.07 Å². The minimum atomic E-state index is 0.415. The zero-order valence-electron chi connectivity index (χ0n) is 9.47. The predicted molar refractivity (Wildman–Crippen MR) is 73.8 cm³/mol. The summed E-state index contributed by atoms with van der Waals surface area (Å²) >= 11 is 6.05. The second-order valence-corrected chi connectivity index (χ2v) is 3.93. The molecule has 0 aliphatic heterocycles. The Morgan fingerprint density at radius 3 is 2.61 bits per heavy atom. The average molecular weight is 256 g/mol. The van der Waals surface area contributed by atoms with Gasteiger partial charge in [0.25, 0.3) is 0 Å². The van der Waals surface area contributed by atoms with Gasteiger partial charge in [0, 0.05) is 5.56 Å². The van der Waals surface area contributed by atoms with Gasteiger partial charge in [-0.05, 0) is 18.2 Å². The van der Waals surface area contributed by atoms with Crippen LogP contribution in [0.4, 0.5) is 5.69 Å². The van der Waals surface area contributed by atoms with Crippen LogP contribution in [0.2, 0.25) is 5.02 Å². The number of anilines is 1. The molecule has 0 atom stereocenters. The molecule has 0 bridgehead atoms. The van der Waals surface area contributed by atoms with E-state index in [0.717, 1.165) is 5.69 Å². The van der Waals surface area contributed by atoms with Crippen LogP contribution in [-0.4, -0.2) is 6.21 Å². The number of rotatable bonds is 3. The van der Waals surface area contributed by atoms with E-state index in [2.05, 4.69) is 10.5 Å². The Bertz CT molecular complexity index is 600. The molecule has 0 radical (unpaired) electrons. The van der Waals surface area contributed by atoms with Crippen molar-refractivity contribution in [2.75, 3.05) is 5.43 Å². The summed E-state index contributed by atoms with van der Waals surface area (Å²) in [5.74, 6) is 0. The van der Waals surface area contributed by atoms with Crippen LogP contribution in [0, 0.1) is 11.3 Å². The van der Waals surface area contributed by atoms with Crippen molar-refractivity contribution in [3.63, 3.8) is 0 Å². The van der Waals surface area contributed by atoms with Crippen LogP contribution in [0.25, 0.3) is 0 Å². The Balaban J connectivity index is 2.13. The number of para-hydroxylation sites is 1. The summed E-state index contributed by atoms with van der Waals surface area (Å²) in [5, 5.41) is 13.3. The molecule has 0 heterocycles. The molecule has 0 fully saturated rings.